The number of rotatable bonds is 3. The van der Waals surface area contributed by atoms with Crippen molar-refractivity contribution in [1.82, 2.24) is 9.88 Å². The number of para-hydroxylation sites is 1. The first-order valence-corrected chi connectivity index (χ1v) is 8.55. The number of aliphatic hydroxyl groups is 1. The maximum atomic E-state index is 11.1. The SMILES string of the molecule is CC[C@@H]1C[C@@H]2CCN1[C@H]([C@H](O)c1ccnc3ccccc13)C2. The predicted octanol–water partition coefficient (Wildman–Crippen LogP) is 3.53. The molecule has 1 N–H and O–H groups in total. The smallest absolute Gasteiger partial charge is 0.0952 e. The molecule has 3 heteroatoms. The normalized spacial score (nSPS) is 32.3. The van der Waals surface area contributed by atoms with Gasteiger partial charge >= 0.3 is 0 Å². The Kier molecular flexibility index (Phi) is 3.63. The lowest BCUT2D eigenvalue weighted by atomic mass is 9.75. The molecule has 0 amide bonds. The highest BCUT2D eigenvalue weighted by Gasteiger charge is 2.42. The van der Waals surface area contributed by atoms with Gasteiger partial charge in [0.25, 0.3) is 0 Å². The Morgan fingerprint density at radius 1 is 1.27 bits per heavy atom. The molecule has 3 saturated heterocycles. The fourth-order valence-electron chi connectivity index (χ4n) is 4.57. The Hall–Kier alpha value is -1.45. The summed E-state index contributed by atoms with van der Waals surface area (Å²) in [6.45, 7) is 3.42. The van der Waals surface area contributed by atoms with Crippen LogP contribution in [0.2, 0.25) is 0 Å². The summed E-state index contributed by atoms with van der Waals surface area (Å²) in [5, 5.41) is 12.2. The maximum Gasteiger partial charge on any atom is 0.0952 e. The standard InChI is InChI=1S/C19H24N2O/c1-2-14-11-13-8-10-21(14)18(12-13)19(22)16-7-9-20-17-6-4-3-5-15(16)17/h3-7,9,13-14,18-19,22H,2,8,10-12H2,1H3/t13-,14+,18-,19+/m0/s1. The molecule has 1 unspecified atom stereocenters. The van der Waals surface area contributed by atoms with Gasteiger partial charge in [-0.25, -0.2) is 0 Å². The van der Waals surface area contributed by atoms with Gasteiger partial charge in [-0.05, 0) is 55.8 Å². The Morgan fingerprint density at radius 3 is 2.95 bits per heavy atom. The highest BCUT2D eigenvalue weighted by molar-refractivity contribution is 5.82. The summed E-state index contributed by atoms with van der Waals surface area (Å²) in [5.74, 6) is 0.794. The molecule has 4 heterocycles. The van der Waals surface area contributed by atoms with E-state index in [1.165, 1.54) is 19.3 Å². The number of aromatic nitrogens is 1. The average Bonchev–Trinajstić information content (AvgIpc) is 2.60. The molecule has 5 atom stereocenters. The molecule has 22 heavy (non-hydrogen) atoms. The topological polar surface area (TPSA) is 36.4 Å². The van der Waals surface area contributed by atoms with Crippen LogP contribution in [0.15, 0.2) is 36.5 Å². The van der Waals surface area contributed by atoms with Gasteiger partial charge in [0, 0.05) is 23.7 Å². The van der Waals surface area contributed by atoms with Gasteiger partial charge < -0.3 is 5.11 Å². The number of nitrogens with zero attached hydrogens (tertiary/aromatic N) is 2. The van der Waals surface area contributed by atoms with E-state index in [-0.39, 0.29) is 6.04 Å². The first-order valence-electron chi connectivity index (χ1n) is 8.55. The van der Waals surface area contributed by atoms with Crippen molar-refractivity contribution >= 4 is 10.9 Å². The second-order valence-electron chi connectivity index (χ2n) is 6.86. The van der Waals surface area contributed by atoms with Gasteiger partial charge in [-0.15, -0.1) is 0 Å². The van der Waals surface area contributed by atoms with Crippen molar-refractivity contribution in [2.75, 3.05) is 6.54 Å². The van der Waals surface area contributed by atoms with Crippen molar-refractivity contribution in [1.29, 1.82) is 0 Å². The monoisotopic (exact) mass is 296 g/mol. The third-order valence-electron chi connectivity index (χ3n) is 5.71. The largest absolute Gasteiger partial charge is 0.387 e. The number of hydrogen-bond acceptors (Lipinski definition) is 3. The first kappa shape index (κ1) is 14.2. The zero-order chi connectivity index (χ0) is 15.1. The van der Waals surface area contributed by atoms with Crippen LogP contribution < -0.4 is 0 Å². The summed E-state index contributed by atoms with van der Waals surface area (Å²) in [7, 11) is 0. The van der Waals surface area contributed by atoms with Gasteiger partial charge in [-0.1, -0.05) is 25.1 Å². The molecule has 2 bridgehead atoms. The second-order valence-corrected chi connectivity index (χ2v) is 6.86. The van der Waals surface area contributed by atoms with Gasteiger partial charge in [0.05, 0.1) is 11.6 Å². The summed E-state index contributed by atoms with van der Waals surface area (Å²) in [4.78, 5) is 6.99. The number of piperidine rings is 3. The maximum absolute atomic E-state index is 11.1. The molecule has 3 nitrogen and oxygen atoms in total. The summed E-state index contributed by atoms with van der Waals surface area (Å²) in [6, 6.07) is 11.1. The van der Waals surface area contributed by atoms with Crippen LogP contribution in [0.4, 0.5) is 0 Å². The fourth-order valence-corrected chi connectivity index (χ4v) is 4.57. The van der Waals surface area contributed by atoms with Crippen molar-refractivity contribution in [3.63, 3.8) is 0 Å². The van der Waals surface area contributed by atoms with Crippen molar-refractivity contribution < 1.29 is 5.11 Å². The average molecular weight is 296 g/mol. The zero-order valence-electron chi connectivity index (χ0n) is 13.2. The minimum atomic E-state index is -0.412. The van der Waals surface area contributed by atoms with Crippen molar-refractivity contribution in [2.45, 2.75) is 50.8 Å². The number of benzene rings is 1. The highest BCUT2D eigenvalue weighted by atomic mass is 16.3. The van der Waals surface area contributed by atoms with Crippen LogP contribution >= 0.6 is 0 Å². The molecule has 5 rings (SSSR count). The molecule has 1 aromatic heterocycles. The Labute approximate surface area is 132 Å². The lowest BCUT2D eigenvalue weighted by Gasteiger charge is -2.52. The van der Waals surface area contributed by atoms with Crippen LogP contribution in [0.25, 0.3) is 10.9 Å². The molecule has 0 spiro atoms. The lowest BCUT2D eigenvalue weighted by molar-refractivity contribution is -0.0616. The molecule has 116 valence electrons. The van der Waals surface area contributed by atoms with E-state index < -0.39 is 6.10 Å². The molecule has 0 radical (unpaired) electrons. The summed E-state index contributed by atoms with van der Waals surface area (Å²) < 4.78 is 0. The molecule has 3 fully saturated rings. The fraction of sp³-hybridized carbons (Fsp3) is 0.526. The molecule has 2 aromatic rings. The van der Waals surface area contributed by atoms with Crippen LogP contribution in [0.3, 0.4) is 0 Å². The highest BCUT2D eigenvalue weighted by Crippen LogP contribution is 2.42. The molecule has 0 saturated carbocycles. The van der Waals surface area contributed by atoms with Crippen molar-refractivity contribution in [2.24, 2.45) is 5.92 Å². The van der Waals surface area contributed by atoms with Gasteiger partial charge in [0.1, 0.15) is 0 Å². The Balaban J connectivity index is 1.70. The first-order chi connectivity index (χ1) is 10.8. The van der Waals surface area contributed by atoms with Crippen LogP contribution in [0, 0.1) is 5.92 Å². The molecule has 3 aliphatic rings. The van der Waals surface area contributed by atoms with E-state index in [0.717, 1.165) is 35.3 Å². The second kappa shape index (κ2) is 5.64. The molecule has 3 aliphatic heterocycles. The minimum absolute atomic E-state index is 0.267. The Morgan fingerprint density at radius 2 is 2.14 bits per heavy atom. The third-order valence-corrected chi connectivity index (χ3v) is 5.71. The summed E-state index contributed by atoms with van der Waals surface area (Å²) in [6.07, 6.45) is 6.36. The zero-order valence-corrected chi connectivity index (χ0v) is 13.2. The quantitative estimate of drug-likeness (QED) is 0.941. The molecule has 1 aromatic carbocycles. The van der Waals surface area contributed by atoms with E-state index in [2.05, 4.69) is 22.9 Å². The molecular formula is C19H24N2O. The van der Waals surface area contributed by atoms with Gasteiger partial charge in [-0.2, -0.15) is 0 Å². The van der Waals surface area contributed by atoms with E-state index in [4.69, 9.17) is 0 Å². The number of fused-ring (bicyclic) bond motifs is 4. The number of aliphatic hydroxyl groups excluding tert-OH is 1. The van der Waals surface area contributed by atoms with E-state index in [0.29, 0.717) is 6.04 Å². The lowest BCUT2D eigenvalue weighted by Crippen LogP contribution is -2.56. The number of pyridine rings is 1. The van der Waals surface area contributed by atoms with Gasteiger partial charge in [0.2, 0.25) is 0 Å². The van der Waals surface area contributed by atoms with Crippen LogP contribution in [0.1, 0.15) is 44.3 Å². The molecular weight excluding hydrogens is 272 g/mol. The van der Waals surface area contributed by atoms with Crippen LogP contribution in [-0.4, -0.2) is 33.6 Å². The third kappa shape index (κ3) is 2.24. The van der Waals surface area contributed by atoms with Crippen molar-refractivity contribution in [3.05, 3.63) is 42.1 Å². The van der Waals surface area contributed by atoms with Crippen molar-refractivity contribution in [3.8, 4) is 0 Å². The summed E-state index contributed by atoms with van der Waals surface area (Å²) in [5.41, 5.74) is 2.01. The van der Waals surface area contributed by atoms with E-state index in [1.54, 1.807) is 0 Å². The van der Waals surface area contributed by atoms with E-state index >= 15 is 0 Å². The number of hydrogen-bond donors (Lipinski definition) is 1. The van der Waals surface area contributed by atoms with Crippen LogP contribution in [0.5, 0.6) is 0 Å². The van der Waals surface area contributed by atoms with Gasteiger partial charge in [-0.3, -0.25) is 9.88 Å². The molecule has 0 aliphatic carbocycles. The summed E-state index contributed by atoms with van der Waals surface area (Å²) >= 11 is 0. The Bertz CT molecular complexity index is 666. The van der Waals surface area contributed by atoms with E-state index in [1.807, 2.05) is 30.5 Å². The van der Waals surface area contributed by atoms with E-state index in [9.17, 15) is 5.11 Å². The van der Waals surface area contributed by atoms with Gasteiger partial charge in [0.15, 0.2) is 0 Å². The van der Waals surface area contributed by atoms with Crippen LogP contribution in [-0.2, 0) is 0 Å². The predicted molar refractivity (Wildman–Crippen MR) is 88.6 cm³/mol. The minimum Gasteiger partial charge on any atom is -0.387 e.